The highest BCUT2D eigenvalue weighted by atomic mass is 16.5. The molecule has 0 saturated carbocycles. The fourth-order valence-electron chi connectivity index (χ4n) is 3.20. The minimum absolute atomic E-state index is 0.00300. The van der Waals surface area contributed by atoms with Crippen molar-refractivity contribution in [2.75, 3.05) is 16.8 Å². The van der Waals surface area contributed by atoms with Crippen LogP contribution in [0.5, 0.6) is 5.75 Å². The van der Waals surface area contributed by atoms with Crippen molar-refractivity contribution >= 4 is 17.3 Å². The monoisotopic (exact) mass is 355 g/mol. The maximum Gasteiger partial charge on any atom is 0.262 e. The minimum Gasteiger partial charge on any atom is -0.479 e. The highest BCUT2D eigenvalue weighted by Gasteiger charge is 2.33. The van der Waals surface area contributed by atoms with E-state index >= 15 is 0 Å². The number of hydrogen-bond acceptors (Lipinski definition) is 4. The van der Waals surface area contributed by atoms with Crippen LogP contribution >= 0.6 is 0 Å². The summed E-state index contributed by atoms with van der Waals surface area (Å²) in [6, 6.07) is 26.5. The summed E-state index contributed by atoms with van der Waals surface area (Å²) in [6.07, 6.45) is -0.347. The van der Waals surface area contributed by atoms with Gasteiger partial charge in [-0.3, -0.25) is 9.69 Å². The van der Waals surface area contributed by atoms with Gasteiger partial charge in [-0.15, -0.1) is 0 Å². The van der Waals surface area contributed by atoms with Crippen molar-refractivity contribution < 1.29 is 9.53 Å². The van der Waals surface area contributed by atoms with E-state index in [0.717, 1.165) is 16.9 Å². The predicted octanol–water partition coefficient (Wildman–Crippen LogP) is 4.36. The zero-order chi connectivity index (χ0) is 18.6. The molecule has 5 nitrogen and oxygen atoms in total. The molecule has 0 radical (unpaired) electrons. The average molecular weight is 355 g/mol. The number of nitriles is 1. The van der Waals surface area contributed by atoms with E-state index in [0.29, 0.717) is 11.3 Å². The van der Waals surface area contributed by atoms with Crippen molar-refractivity contribution in [1.29, 1.82) is 5.26 Å². The largest absolute Gasteiger partial charge is 0.479 e. The van der Waals surface area contributed by atoms with Gasteiger partial charge >= 0.3 is 0 Å². The molecule has 0 fully saturated rings. The van der Waals surface area contributed by atoms with Gasteiger partial charge < -0.3 is 10.1 Å². The van der Waals surface area contributed by atoms with Crippen LogP contribution in [0.15, 0.2) is 78.9 Å². The van der Waals surface area contributed by atoms with Crippen molar-refractivity contribution in [2.45, 2.75) is 6.17 Å². The average Bonchev–Trinajstić information content (AvgIpc) is 2.73. The first-order chi connectivity index (χ1) is 13.3. The van der Waals surface area contributed by atoms with Gasteiger partial charge in [-0.05, 0) is 42.0 Å². The standard InChI is InChI=1S/C22H17N3O2/c23-14-15-27-18-12-10-16(11-13-18)21-24-20-9-5-4-8-19(20)22(26)25(21)17-6-2-1-3-7-17/h1-13,21,24H,15H2/t21-/m0/s1. The fraction of sp³-hybridized carbons (Fsp3) is 0.0909. The Morgan fingerprint density at radius 3 is 2.41 bits per heavy atom. The number of nitrogens with one attached hydrogen (secondary N) is 1. The van der Waals surface area contributed by atoms with Crippen LogP contribution in [-0.4, -0.2) is 12.5 Å². The van der Waals surface area contributed by atoms with E-state index in [2.05, 4.69) is 5.32 Å². The second kappa shape index (κ2) is 7.22. The Morgan fingerprint density at radius 2 is 1.67 bits per heavy atom. The van der Waals surface area contributed by atoms with Crippen LogP contribution in [0, 0.1) is 11.3 Å². The summed E-state index contributed by atoms with van der Waals surface area (Å²) in [6.45, 7) is 0.00300. The van der Waals surface area contributed by atoms with Gasteiger partial charge in [-0.25, -0.2) is 0 Å². The smallest absolute Gasteiger partial charge is 0.262 e. The van der Waals surface area contributed by atoms with Crippen LogP contribution in [-0.2, 0) is 0 Å². The third kappa shape index (κ3) is 3.21. The van der Waals surface area contributed by atoms with Crippen LogP contribution < -0.4 is 15.0 Å². The number of amides is 1. The van der Waals surface area contributed by atoms with Crippen molar-refractivity contribution in [3.63, 3.8) is 0 Å². The lowest BCUT2D eigenvalue weighted by Crippen LogP contribution is -2.43. The molecule has 0 spiro atoms. The van der Waals surface area contributed by atoms with E-state index < -0.39 is 0 Å². The summed E-state index contributed by atoms with van der Waals surface area (Å²) in [4.78, 5) is 15.0. The lowest BCUT2D eigenvalue weighted by molar-refractivity contribution is 0.0975. The first-order valence-corrected chi connectivity index (χ1v) is 8.62. The van der Waals surface area contributed by atoms with Gasteiger partial charge in [0.2, 0.25) is 0 Å². The number of fused-ring (bicyclic) bond motifs is 1. The number of carbonyl (C=O) groups is 1. The molecule has 0 unspecified atom stereocenters. The number of hydrogen-bond donors (Lipinski definition) is 1. The summed E-state index contributed by atoms with van der Waals surface area (Å²) in [7, 11) is 0. The number of benzene rings is 3. The molecular weight excluding hydrogens is 338 g/mol. The molecule has 1 atom stereocenters. The van der Waals surface area contributed by atoms with E-state index in [9.17, 15) is 4.79 Å². The lowest BCUT2D eigenvalue weighted by Gasteiger charge is -2.38. The highest BCUT2D eigenvalue weighted by Crippen LogP contribution is 2.36. The molecule has 4 rings (SSSR count). The molecule has 5 heteroatoms. The zero-order valence-electron chi connectivity index (χ0n) is 14.5. The number of anilines is 2. The third-order valence-electron chi connectivity index (χ3n) is 4.46. The molecular formula is C22H17N3O2. The molecule has 1 aliphatic rings. The van der Waals surface area contributed by atoms with Gasteiger partial charge in [0.1, 0.15) is 18.0 Å². The van der Waals surface area contributed by atoms with Crippen LogP contribution in [0.2, 0.25) is 0 Å². The maximum absolute atomic E-state index is 13.2. The topological polar surface area (TPSA) is 65.4 Å². The van der Waals surface area contributed by atoms with Gasteiger partial charge in [0.15, 0.2) is 6.61 Å². The normalized spacial score (nSPS) is 15.4. The maximum atomic E-state index is 13.2. The number of rotatable bonds is 4. The van der Waals surface area contributed by atoms with Gasteiger partial charge in [0.05, 0.1) is 5.56 Å². The van der Waals surface area contributed by atoms with Gasteiger partial charge in [0.25, 0.3) is 5.91 Å². The van der Waals surface area contributed by atoms with E-state index in [1.165, 1.54) is 0 Å². The van der Waals surface area contributed by atoms with E-state index in [4.69, 9.17) is 10.00 Å². The van der Waals surface area contributed by atoms with Crippen molar-refractivity contribution in [3.05, 3.63) is 90.0 Å². The minimum atomic E-state index is -0.347. The van der Waals surface area contributed by atoms with Crippen molar-refractivity contribution in [2.24, 2.45) is 0 Å². The molecule has 3 aromatic carbocycles. The summed E-state index contributed by atoms with van der Waals surface area (Å²) < 4.78 is 5.32. The fourth-order valence-corrected chi connectivity index (χ4v) is 3.20. The molecule has 0 aliphatic carbocycles. The van der Waals surface area contributed by atoms with Crippen molar-refractivity contribution in [1.82, 2.24) is 0 Å². The molecule has 132 valence electrons. The molecule has 1 heterocycles. The highest BCUT2D eigenvalue weighted by molar-refractivity contribution is 6.12. The van der Waals surface area contributed by atoms with Crippen LogP contribution in [0.4, 0.5) is 11.4 Å². The number of ether oxygens (including phenoxy) is 1. The molecule has 1 amide bonds. The Bertz CT molecular complexity index is 994. The summed E-state index contributed by atoms with van der Waals surface area (Å²) in [5.41, 5.74) is 3.20. The SMILES string of the molecule is N#CCOc1ccc([C@H]2Nc3ccccc3C(=O)N2c2ccccc2)cc1. The number of para-hydroxylation sites is 2. The summed E-state index contributed by atoms with van der Waals surface area (Å²) in [5.74, 6) is 0.569. The quantitative estimate of drug-likeness (QED) is 0.755. The molecule has 1 N–H and O–H groups in total. The third-order valence-corrected chi connectivity index (χ3v) is 4.46. The Morgan fingerprint density at radius 1 is 0.963 bits per heavy atom. The van der Waals surface area contributed by atoms with Crippen molar-refractivity contribution in [3.8, 4) is 11.8 Å². The van der Waals surface area contributed by atoms with Crippen LogP contribution in [0.1, 0.15) is 22.1 Å². The Balaban J connectivity index is 1.75. The summed E-state index contributed by atoms with van der Waals surface area (Å²) >= 11 is 0. The lowest BCUT2D eigenvalue weighted by atomic mass is 10.0. The van der Waals surface area contributed by atoms with Crippen LogP contribution in [0.3, 0.4) is 0 Å². The van der Waals surface area contributed by atoms with Crippen LogP contribution in [0.25, 0.3) is 0 Å². The second-order valence-corrected chi connectivity index (χ2v) is 6.12. The summed E-state index contributed by atoms with van der Waals surface area (Å²) in [5, 5.41) is 12.1. The van der Waals surface area contributed by atoms with E-state index in [1.807, 2.05) is 84.9 Å². The molecule has 0 bridgehead atoms. The molecule has 27 heavy (non-hydrogen) atoms. The van der Waals surface area contributed by atoms with E-state index in [1.54, 1.807) is 4.90 Å². The Hall–Kier alpha value is -3.78. The van der Waals surface area contributed by atoms with Gasteiger partial charge in [-0.1, -0.05) is 42.5 Å². The van der Waals surface area contributed by atoms with E-state index in [-0.39, 0.29) is 18.7 Å². The Kier molecular flexibility index (Phi) is 4.46. The first kappa shape index (κ1) is 16.7. The predicted molar refractivity (Wildman–Crippen MR) is 104 cm³/mol. The number of carbonyl (C=O) groups excluding carboxylic acids is 1. The van der Waals surface area contributed by atoms with Gasteiger partial charge in [0, 0.05) is 11.4 Å². The first-order valence-electron chi connectivity index (χ1n) is 8.62. The second-order valence-electron chi connectivity index (χ2n) is 6.12. The Labute approximate surface area is 157 Å². The van der Waals surface area contributed by atoms with Gasteiger partial charge in [-0.2, -0.15) is 5.26 Å². The zero-order valence-corrected chi connectivity index (χ0v) is 14.5. The number of nitrogens with zero attached hydrogens (tertiary/aromatic N) is 2. The molecule has 0 aromatic heterocycles. The molecule has 0 saturated heterocycles. The molecule has 1 aliphatic heterocycles. The molecule has 3 aromatic rings.